The number of rotatable bonds is 1. The molecule has 0 bridgehead atoms. The third kappa shape index (κ3) is 1.93. The van der Waals surface area contributed by atoms with Gasteiger partial charge in [0.05, 0.1) is 0 Å². The third-order valence-corrected chi connectivity index (χ3v) is 2.46. The summed E-state index contributed by atoms with van der Waals surface area (Å²) in [4.78, 5) is 17.6. The number of likely N-dealkylation sites (N-methyl/N-ethyl adjacent to an activating group) is 1. The van der Waals surface area contributed by atoms with Gasteiger partial charge in [-0.1, -0.05) is 0 Å². The highest BCUT2D eigenvalue weighted by molar-refractivity contribution is 5.76. The van der Waals surface area contributed by atoms with Crippen LogP contribution in [-0.2, 0) is 0 Å². The van der Waals surface area contributed by atoms with E-state index in [9.17, 15) is 4.79 Å². The summed E-state index contributed by atoms with van der Waals surface area (Å²) in [7, 11) is 2.06. The molecule has 14 heavy (non-hydrogen) atoms. The molecule has 1 fully saturated rings. The molecule has 5 heteroatoms. The van der Waals surface area contributed by atoms with Crippen LogP contribution in [0.2, 0.25) is 0 Å². The van der Waals surface area contributed by atoms with Gasteiger partial charge < -0.3 is 10.2 Å². The number of likely N-dealkylation sites (tertiary alicyclic amines) is 1. The topological polar surface area (TPSA) is 50.2 Å². The Bertz CT molecular complexity index is 309. The standard InChI is InChI=1S/C9H14N4O/c1-12-4-2-8(6-12)11-9(14)13-5-3-10-7-13/h3,5,7-8H,2,4,6H2,1H3,(H,11,14). The third-order valence-electron chi connectivity index (χ3n) is 2.46. The normalized spacial score (nSPS) is 22.5. The second-order valence-corrected chi connectivity index (χ2v) is 3.67. The van der Waals surface area contributed by atoms with Gasteiger partial charge in [-0.05, 0) is 20.0 Å². The average Bonchev–Trinajstić information content (AvgIpc) is 2.75. The number of carbonyl (C=O) groups excluding carboxylic acids is 1. The minimum Gasteiger partial charge on any atom is -0.333 e. The van der Waals surface area contributed by atoms with Gasteiger partial charge in [0.25, 0.3) is 0 Å². The zero-order valence-corrected chi connectivity index (χ0v) is 8.18. The van der Waals surface area contributed by atoms with E-state index in [4.69, 9.17) is 0 Å². The Morgan fingerprint density at radius 1 is 1.64 bits per heavy atom. The van der Waals surface area contributed by atoms with Crippen molar-refractivity contribution in [2.75, 3.05) is 20.1 Å². The van der Waals surface area contributed by atoms with Gasteiger partial charge in [0.2, 0.25) is 0 Å². The van der Waals surface area contributed by atoms with Gasteiger partial charge in [-0.25, -0.2) is 9.78 Å². The number of hydrogen-bond acceptors (Lipinski definition) is 3. The molecule has 1 saturated heterocycles. The van der Waals surface area contributed by atoms with Gasteiger partial charge in [-0.3, -0.25) is 4.57 Å². The molecule has 2 rings (SSSR count). The van der Waals surface area contributed by atoms with Gasteiger partial charge in [0.15, 0.2) is 0 Å². The Balaban J connectivity index is 1.89. The van der Waals surface area contributed by atoms with Crippen LogP contribution in [0.25, 0.3) is 0 Å². The number of aromatic nitrogens is 2. The van der Waals surface area contributed by atoms with E-state index in [0.717, 1.165) is 19.5 Å². The minimum absolute atomic E-state index is 0.0946. The lowest BCUT2D eigenvalue weighted by Crippen LogP contribution is -2.38. The summed E-state index contributed by atoms with van der Waals surface area (Å²) in [6.07, 6.45) is 5.78. The van der Waals surface area contributed by atoms with Crippen LogP contribution in [0.1, 0.15) is 6.42 Å². The Morgan fingerprint density at radius 3 is 3.07 bits per heavy atom. The van der Waals surface area contributed by atoms with E-state index < -0.39 is 0 Å². The summed E-state index contributed by atoms with van der Waals surface area (Å²) in [6.45, 7) is 1.98. The van der Waals surface area contributed by atoms with Crippen molar-refractivity contribution in [3.05, 3.63) is 18.7 Å². The van der Waals surface area contributed by atoms with E-state index in [1.807, 2.05) is 0 Å². The van der Waals surface area contributed by atoms with Crippen LogP contribution in [0.3, 0.4) is 0 Å². The zero-order valence-electron chi connectivity index (χ0n) is 8.18. The average molecular weight is 194 g/mol. The lowest BCUT2D eigenvalue weighted by Gasteiger charge is -2.12. The summed E-state index contributed by atoms with van der Waals surface area (Å²) >= 11 is 0. The summed E-state index contributed by atoms with van der Waals surface area (Å²) in [5.74, 6) is 0. The van der Waals surface area contributed by atoms with Crippen LogP contribution < -0.4 is 5.32 Å². The smallest absolute Gasteiger partial charge is 0.327 e. The molecule has 0 aliphatic carbocycles. The van der Waals surface area contributed by atoms with E-state index in [1.54, 1.807) is 12.4 Å². The SMILES string of the molecule is CN1CCC(NC(=O)n2ccnc2)C1. The predicted octanol–water partition coefficient (Wildman–Crippen LogP) is 0.145. The quantitative estimate of drug-likeness (QED) is 0.692. The van der Waals surface area contributed by atoms with Crippen LogP contribution in [-0.4, -0.2) is 46.7 Å². The molecular formula is C9H14N4O. The second-order valence-electron chi connectivity index (χ2n) is 3.67. The molecule has 0 radical (unpaired) electrons. The molecule has 0 aromatic carbocycles. The monoisotopic (exact) mass is 194 g/mol. The van der Waals surface area contributed by atoms with Crippen LogP contribution in [0.15, 0.2) is 18.7 Å². The second kappa shape index (κ2) is 3.79. The highest BCUT2D eigenvalue weighted by Crippen LogP contribution is 2.06. The van der Waals surface area contributed by atoms with Crippen LogP contribution in [0.4, 0.5) is 4.79 Å². The minimum atomic E-state index is -0.0946. The van der Waals surface area contributed by atoms with Crippen molar-refractivity contribution in [2.45, 2.75) is 12.5 Å². The van der Waals surface area contributed by atoms with Gasteiger partial charge >= 0.3 is 6.03 Å². The van der Waals surface area contributed by atoms with E-state index in [0.29, 0.717) is 0 Å². The highest BCUT2D eigenvalue weighted by atomic mass is 16.2. The first-order valence-corrected chi connectivity index (χ1v) is 4.73. The summed E-state index contributed by atoms with van der Waals surface area (Å²) in [6, 6.07) is 0.178. The Hall–Kier alpha value is -1.36. The Morgan fingerprint density at radius 2 is 2.50 bits per heavy atom. The van der Waals surface area contributed by atoms with Crippen molar-refractivity contribution in [2.24, 2.45) is 0 Å². The van der Waals surface area contributed by atoms with E-state index in [2.05, 4.69) is 22.2 Å². The Kier molecular flexibility index (Phi) is 2.49. The maximum absolute atomic E-state index is 11.6. The number of hydrogen-bond donors (Lipinski definition) is 1. The first-order valence-electron chi connectivity index (χ1n) is 4.73. The molecule has 1 aromatic rings. The van der Waals surface area contributed by atoms with Crippen molar-refractivity contribution < 1.29 is 4.79 Å². The molecule has 2 heterocycles. The number of amides is 1. The molecule has 0 saturated carbocycles. The lowest BCUT2D eigenvalue weighted by molar-refractivity contribution is 0.238. The number of imidazole rings is 1. The van der Waals surface area contributed by atoms with Crippen molar-refractivity contribution in [1.82, 2.24) is 19.8 Å². The van der Waals surface area contributed by atoms with E-state index in [-0.39, 0.29) is 12.1 Å². The van der Waals surface area contributed by atoms with Crippen LogP contribution in [0, 0.1) is 0 Å². The molecule has 1 unspecified atom stereocenters. The first-order chi connectivity index (χ1) is 6.75. The van der Waals surface area contributed by atoms with Gasteiger partial charge in [0, 0.05) is 25.0 Å². The maximum Gasteiger partial charge on any atom is 0.327 e. The fraction of sp³-hybridized carbons (Fsp3) is 0.556. The molecule has 1 aliphatic heterocycles. The van der Waals surface area contributed by atoms with Crippen molar-refractivity contribution in [3.8, 4) is 0 Å². The van der Waals surface area contributed by atoms with Gasteiger partial charge in [-0.15, -0.1) is 0 Å². The zero-order chi connectivity index (χ0) is 9.97. The highest BCUT2D eigenvalue weighted by Gasteiger charge is 2.21. The van der Waals surface area contributed by atoms with Crippen molar-refractivity contribution in [3.63, 3.8) is 0 Å². The molecule has 0 spiro atoms. The Labute approximate surface area is 82.7 Å². The molecule has 1 aliphatic rings. The molecular weight excluding hydrogens is 180 g/mol. The fourth-order valence-electron chi connectivity index (χ4n) is 1.68. The van der Waals surface area contributed by atoms with Crippen molar-refractivity contribution >= 4 is 6.03 Å². The molecule has 76 valence electrons. The van der Waals surface area contributed by atoms with Gasteiger partial charge in [-0.2, -0.15) is 0 Å². The molecule has 1 atom stereocenters. The van der Waals surface area contributed by atoms with E-state index in [1.165, 1.54) is 10.9 Å². The molecule has 1 N–H and O–H groups in total. The van der Waals surface area contributed by atoms with Crippen LogP contribution in [0.5, 0.6) is 0 Å². The first kappa shape index (κ1) is 9.21. The molecule has 1 amide bonds. The number of nitrogens with one attached hydrogen (secondary N) is 1. The predicted molar refractivity (Wildman–Crippen MR) is 52.1 cm³/mol. The largest absolute Gasteiger partial charge is 0.333 e. The number of nitrogens with zero attached hydrogens (tertiary/aromatic N) is 3. The van der Waals surface area contributed by atoms with Crippen LogP contribution >= 0.6 is 0 Å². The summed E-state index contributed by atoms with van der Waals surface area (Å²) in [5.41, 5.74) is 0. The fourth-order valence-corrected chi connectivity index (χ4v) is 1.68. The number of carbonyl (C=O) groups is 1. The maximum atomic E-state index is 11.6. The summed E-state index contributed by atoms with van der Waals surface area (Å²) < 4.78 is 1.46. The van der Waals surface area contributed by atoms with Gasteiger partial charge in [0.1, 0.15) is 6.33 Å². The molecule has 5 nitrogen and oxygen atoms in total. The van der Waals surface area contributed by atoms with E-state index >= 15 is 0 Å². The van der Waals surface area contributed by atoms with Crippen molar-refractivity contribution in [1.29, 1.82) is 0 Å². The summed E-state index contributed by atoms with van der Waals surface area (Å²) in [5, 5.41) is 2.95. The molecule has 1 aromatic heterocycles. The lowest BCUT2D eigenvalue weighted by atomic mass is 10.3.